The number of rotatable bonds is 8. The second kappa shape index (κ2) is 10.7. The number of ether oxygens (including phenoxy) is 4. The first-order valence-electron chi connectivity index (χ1n) is 11.1. The fourth-order valence-electron chi connectivity index (χ4n) is 4.52. The lowest BCUT2D eigenvalue weighted by atomic mass is 9.61. The van der Waals surface area contributed by atoms with Crippen LogP contribution in [0.25, 0.3) is 0 Å². The Kier molecular flexibility index (Phi) is 7.94. The van der Waals surface area contributed by atoms with Crippen LogP contribution in [0, 0.1) is 11.8 Å². The lowest BCUT2D eigenvalue weighted by Crippen LogP contribution is -2.55. The summed E-state index contributed by atoms with van der Waals surface area (Å²) in [7, 11) is 2.38. The molecule has 4 unspecified atom stereocenters. The first-order valence-corrected chi connectivity index (χ1v) is 11.1. The van der Waals surface area contributed by atoms with E-state index >= 15 is 0 Å². The van der Waals surface area contributed by atoms with Gasteiger partial charge in [-0.2, -0.15) is 0 Å². The molecule has 0 aliphatic heterocycles. The second-order valence-electron chi connectivity index (χ2n) is 8.44. The number of aliphatic hydroxyl groups is 1. The Bertz CT molecular complexity index is 1030. The van der Waals surface area contributed by atoms with Gasteiger partial charge in [-0.05, 0) is 37.1 Å². The standard InChI is InChI=1S/C26H30O8/c1-5-33-20-13-17(11-12-19(20)34-15-16-9-7-6-8-10-16)21-22(24(28)31-3)18(27)14-26(2,30)23(21)25(29)32-4/h6-13,21-23,30H,5,14-15H2,1-4H3. The van der Waals surface area contributed by atoms with Gasteiger partial charge < -0.3 is 24.1 Å². The van der Waals surface area contributed by atoms with E-state index in [9.17, 15) is 19.5 Å². The summed E-state index contributed by atoms with van der Waals surface area (Å²) in [5.74, 6) is -4.62. The zero-order valence-electron chi connectivity index (χ0n) is 19.8. The minimum absolute atomic E-state index is 0.312. The Morgan fingerprint density at radius 2 is 1.68 bits per heavy atom. The summed E-state index contributed by atoms with van der Waals surface area (Å²) in [6, 6.07) is 14.6. The van der Waals surface area contributed by atoms with Gasteiger partial charge in [0.05, 0.1) is 32.3 Å². The molecular formula is C26H30O8. The van der Waals surface area contributed by atoms with Gasteiger partial charge in [-0.3, -0.25) is 14.4 Å². The molecule has 1 N–H and O–H groups in total. The highest BCUT2D eigenvalue weighted by atomic mass is 16.5. The largest absolute Gasteiger partial charge is 0.490 e. The SMILES string of the molecule is CCOc1cc(C2C(C(=O)OC)C(=O)CC(C)(O)C2C(=O)OC)ccc1OCc1ccccc1. The van der Waals surface area contributed by atoms with Gasteiger partial charge >= 0.3 is 11.9 Å². The zero-order valence-corrected chi connectivity index (χ0v) is 19.8. The second-order valence-corrected chi connectivity index (χ2v) is 8.44. The molecule has 0 radical (unpaired) electrons. The van der Waals surface area contributed by atoms with Crippen LogP contribution in [0.4, 0.5) is 0 Å². The maximum atomic E-state index is 12.9. The van der Waals surface area contributed by atoms with Crippen molar-refractivity contribution < 1.29 is 38.4 Å². The Labute approximate surface area is 198 Å². The van der Waals surface area contributed by atoms with Gasteiger partial charge in [0.2, 0.25) is 0 Å². The number of carbonyl (C=O) groups excluding carboxylic acids is 3. The lowest BCUT2D eigenvalue weighted by Gasteiger charge is -2.43. The van der Waals surface area contributed by atoms with Gasteiger partial charge in [-0.15, -0.1) is 0 Å². The van der Waals surface area contributed by atoms with E-state index in [4.69, 9.17) is 18.9 Å². The molecule has 182 valence electrons. The monoisotopic (exact) mass is 470 g/mol. The first-order chi connectivity index (χ1) is 16.2. The number of Topliss-reactive ketones (excluding diaryl/α,β-unsaturated/α-hetero) is 1. The van der Waals surface area contributed by atoms with Gasteiger partial charge in [0.1, 0.15) is 12.5 Å². The highest BCUT2D eigenvalue weighted by Crippen LogP contribution is 2.48. The average Bonchev–Trinajstić information content (AvgIpc) is 2.82. The number of hydrogen-bond acceptors (Lipinski definition) is 8. The molecular weight excluding hydrogens is 440 g/mol. The van der Waals surface area contributed by atoms with E-state index < -0.39 is 41.1 Å². The molecule has 1 fully saturated rings. The number of methoxy groups -OCH3 is 2. The van der Waals surface area contributed by atoms with Gasteiger partial charge in [0, 0.05) is 12.3 Å². The van der Waals surface area contributed by atoms with Crippen molar-refractivity contribution in [3.63, 3.8) is 0 Å². The minimum Gasteiger partial charge on any atom is -0.490 e. The summed E-state index contributed by atoms with van der Waals surface area (Å²) in [5, 5.41) is 11.0. The molecule has 0 bridgehead atoms. The van der Waals surface area contributed by atoms with E-state index in [-0.39, 0.29) is 6.42 Å². The summed E-state index contributed by atoms with van der Waals surface area (Å²) < 4.78 is 21.5. The van der Waals surface area contributed by atoms with Gasteiger partial charge in [0.15, 0.2) is 17.3 Å². The molecule has 2 aromatic rings. The third kappa shape index (κ3) is 5.22. The Morgan fingerprint density at radius 1 is 1.00 bits per heavy atom. The summed E-state index contributed by atoms with van der Waals surface area (Å²) in [6.07, 6.45) is -0.375. The minimum atomic E-state index is -1.71. The molecule has 3 rings (SSSR count). The van der Waals surface area contributed by atoms with Crippen LogP contribution >= 0.6 is 0 Å². The van der Waals surface area contributed by atoms with Gasteiger partial charge in [0.25, 0.3) is 0 Å². The molecule has 0 heterocycles. The smallest absolute Gasteiger partial charge is 0.316 e. The summed E-state index contributed by atoms with van der Waals surface area (Å²) in [5.41, 5.74) is -0.290. The van der Waals surface area contributed by atoms with Crippen molar-refractivity contribution in [3.05, 3.63) is 59.7 Å². The summed E-state index contributed by atoms with van der Waals surface area (Å²) in [6.45, 7) is 3.87. The van der Waals surface area contributed by atoms with E-state index in [2.05, 4.69) is 0 Å². The van der Waals surface area contributed by atoms with E-state index in [0.29, 0.717) is 30.3 Å². The molecule has 1 aliphatic carbocycles. The topological polar surface area (TPSA) is 108 Å². The predicted molar refractivity (Wildman–Crippen MR) is 122 cm³/mol. The molecule has 1 aliphatic rings. The Balaban J connectivity index is 2.05. The van der Waals surface area contributed by atoms with Crippen molar-refractivity contribution in [2.45, 2.75) is 38.4 Å². The molecule has 4 atom stereocenters. The van der Waals surface area contributed by atoms with Crippen LogP contribution in [0.5, 0.6) is 11.5 Å². The lowest BCUT2D eigenvalue weighted by molar-refractivity contribution is -0.170. The van der Waals surface area contributed by atoms with E-state index in [1.165, 1.54) is 21.1 Å². The van der Waals surface area contributed by atoms with E-state index in [0.717, 1.165) is 5.56 Å². The van der Waals surface area contributed by atoms with E-state index in [1.807, 2.05) is 37.3 Å². The highest BCUT2D eigenvalue weighted by molar-refractivity contribution is 6.02. The number of ketones is 1. The maximum Gasteiger partial charge on any atom is 0.316 e. The fourth-order valence-corrected chi connectivity index (χ4v) is 4.52. The summed E-state index contributed by atoms with van der Waals surface area (Å²) >= 11 is 0. The number of carbonyl (C=O) groups is 3. The molecule has 0 saturated heterocycles. The molecule has 8 heteroatoms. The van der Waals surface area contributed by atoms with E-state index in [1.54, 1.807) is 18.2 Å². The molecule has 1 saturated carbocycles. The fraction of sp³-hybridized carbons (Fsp3) is 0.423. The van der Waals surface area contributed by atoms with Crippen molar-refractivity contribution in [1.82, 2.24) is 0 Å². The van der Waals surface area contributed by atoms with Crippen molar-refractivity contribution >= 4 is 17.7 Å². The normalized spacial score (nSPS) is 24.3. The molecule has 34 heavy (non-hydrogen) atoms. The molecule has 2 aromatic carbocycles. The van der Waals surface area contributed by atoms with Crippen LogP contribution < -0.4 is 9.47 Å². The van der Waals surface area contributed by atoms with Crippen molar-refractivity contribution in [2.24, 2.45) is 11.8 Å². The number of esters is 2. The van der Waals surface area contributed by atoms with Crippen LogP contribution in [0.1, 0.15) is 37.3 Å². The third-order valence-corrected chi connectivity index (χ3v) is 6.07. The van der Waals surface area contributed by atoms with Crippen molar-refractivity contribution in [1.29, 1.82) is 0 Å². The molecule has 8 nitrogen and oxygen atoms in total. The first kappa shape index (κ1) is 25.2. The Morgan fingerprint density at radius 3 is 2.29 bits per heavy atom. The van der Waals surface area contributed by atoms with Crippen LogP contribution in [-0.4, -0.2) is 49.3 Å². The number of benzene rings is 2. The van der Waals surface area contributed by atoms with Crippen molar-refractivity contribution in [3.8, 4) is 11.5 Å². The zero-order chi connectivity index (χ0) is 24.9. The molecule has 0 spiro atoms. The number of hydrogen-bond donors (Lipinski definition) is 1. The quantitative estimate of drug-likeness (QED) is 0.463. The third-order valence-electron chi connectivity index (χ3n) is 6.07. The van der Waals surface area contributed by atoms with Crippen LogP contribution in [0.3, 0.4) is 0 Å². The average molecular weight is 471 g/mol. The van der Waals surface area contributed by atoms with Crippen molar-refractivity contribution in [2.75, 3.05) is 20.8 Å². The van der Waals surface area contributed by atoms with Gasteiger partial charge in [-0.1, -0.05) is 36.4 Å². The molecule has 0 amide bonds. The van der Waals surface area contributed by atoms with Gasteiger partial charge in [-0.25, -0.2) is 0 Å². The van der Waals surface area contributed by atoms with Crippen LogP contribution in [0.15, 0.2) is 48.5 Å². The summed E-state index contributed by atoms with van der Waals surface area (Å²) in [4.78, 5) is 38.3. The Hall–Kier alpha value is -3.39. The maximum absolute atomic E-state index is 12.9. The molecule has 0 aromatic heterocycles. The predicted octanol–water partition coefficient (Wildman–Crippen LogP) is 3.05. The van der Waals surface area contributed by atoms with Crippen LogP contribution in [-0.2, 0) is 30.5 Å². The highest BCUT2D eigenvalue weighted by Gasteiger charge is 2.57. The van der Waals surface area contributed by atoms with Crippen LogP contribution in [0.2, 0.25) is 0 Å².